The number of hydrogen-bond donors (Lipinski definition) is 0. The van der Waals surface area contributed by atoms with Crippen LogP contribution in [0.25, 0.3) is 6.08 Å². The van der Waals surface area contributed by atoms with Gasteiger partial charge >= 0.3 is 5.97 Å². The number of amides is 1. The van der Waals surface area contributed by atoms with Crippen LogP contribution >= 0.6 is 0 Å². The van der Waals surface area contributed by atoms with Gasteiger partial charge in [0.05, 0.1) is 11.6 Å². The van der Waals surface area contributed by atoms with E-state index in [0.717, 1.165) is 29.7 Å². The molecular weight excluding hydrogens is 328 g/mol. The Morgan fingerprint density at radius 3 is 2.69 bits per heavy atom. The molecule has 0 unspecified atom stereocenters. The maximum atomic E-state index is 12.4. The van der Waals surface area contributed by atoms with Crippen LogP contribution < -0.4 is 4.90 Å². The molecule has 2 aromatic rings. The van der Waals surface area contributed by atoms with Gasteiger partial charge in [0.2, 0.25) is 0 Å². The zero-order valence-corrected chi connectivity index (χ0v) is 14.2. The lowest BCUT2D eigenvalue weighted by Crippen LogP contribution is -2.38. The maximum Gasteiger partial charge on any atom is 0.331 e. The molecule has 1 heterocycles. The van der Waals surface area contributed by atoms with Crippen molar-refractivity contribution in [3.8, 4) is 6.07 Å². The topological polar surface area (TPSA) is 70.4 Å². The minimum absolute atomic E-state index is 0.225. The molecule has 26 heavy (non-hydrogen) atoms. The van der Waals surface area contributed by atoms with Crippen molar-refractivity contribution in [1.82, 2.24) is 0 Å². The quantitative estimate of drug-likeness (QED) is 0.630. The summed E-state index contributed by atoms with van der Waals surface area (Å²) < 4.78 is 5.07. The number of carbonyl (C=O) groups is 2. The van der Waals surface area contributed by atoms with Crippen molar-refractivity contribution in [3.05, 3.63) is 71.3 Å². The lowest BCUT2D eigenvalue weighted by atomic mass is 10.0. The predicted molar refractivity (Wildman–Crippen MR) is 98.3 cm³/mol. The van der Waals surface area contributed by atoms with Gasteiger partial charge in [0.25, 0.3) is 5.91 Å². The molecule has 1 aliphatic rings. The van der Waals surface area contributed by atoms with Gasteiger partial charge in [0.1, 0.15) is 0 Å². The second kappa shape index (κ2) is 8.13. The SMILES string of the molecule is N#Cc1ccc(/C=C/C(=O)OCC(=O)N2CCCc3ccccc32)cc1. The zero-order chi connectivity index (χ0) is 18.4. The van der Waals surface area contributed by atoms with Crippen LogP contribution in [0, 0.1) is 11.3 Å². The largest absolute Gasteiger partial charge is 0.452 e. The number of anilines is 1. The highest BCUT2D eigenvalue weighted by Crippen LogP contribution is 2.26. The molecule has 3 rings (SSSR count). The number of carbonyl (C=O) groups excluding carboxylic acids is 2. The second-order valence-electron chi connectivity index (χ2n) is 5.95. The highest BCUT2D eigenvalue weighted by molar-refractivity contribution is 5.97. The summed E-state index contributed by atoms with van der Waals surface area (Å²) in [6.45, 7) is 0.347. The van der Waals surface area contributed by atoms with Crippen molar-refractivity contribution in [1.29, 1.82) is 5.26 Å². The number of esters is 1. The van der Waals surface area contributed by atoms with Gasteiger partial charge in [-0.3, -0.25) is 4.79 Å². The Bertz CT molecular complexity index is 879. The molecule has 130 valence electrons. The van der Waals surface area contributed by atoms with E-state index in [-0.39, 0.29) is 12.5 Å². The summed E-state index contributed by atoms with van der Waals surface area (Å²) in [6.07, 6.45) is 4.71. The third-order valence-electron chi connectivity index (χ3n) is 4.20. The molecule has 0 aliphatic carbocycles. The van der Waals surface area contributed by atoms with Crippen LogP contribution in [0.5, 0.6) is 0 Å². The first kappa shape index (κ1) is 17.4. The van der Waals surface area contributed by atoms with Gasteiger partial charge in [-0.2, -0.15) is 5.26 Å². The third-order valence-corrected chi connectivity index (χ3v) is 4.20. The van der Waals surface area contributed by atoms with Crippen molar-refractivity contribution >= 4 is 23.6 Å². The summed E-state index contributed by atoms with van der Waals surface area (Å²) in [6, 6.07) is 16.6. The van der Waals surface area contributed by atoms with E-state index in [2.05, 4.69) is 0 Å². The van der Waals surface area contributed by atoms with E-state index >= 15 is 0 Å². The monoisotopic (exact) mass is 346 g/mol. The van der Waals surface area contributed by atoms with Gasteiger partial charge < -0.3 is 9.64 Å². The zero-order valence-electron chi connectivity index (χ0n) is 14.2. The molecule has 0 saturated heterocycles. The number of para-hydroxylation sites is 1. The predicted octanol–water partition coefficient (Wildman–Crippen LogP) is 3.09. The number of nitrogens with zero attached hydrogens (tertiary/aromatic N) is 2. The van der Waals surface area contributed by atoms with Gasteiger partial charge in [0, 0.05) is 18.3 Å². The fourth-order valence-electron chi connectivity index (χ4n) is 2.88. The first-order valence-corrected chi connectivity index (χ1v) is 8.40. The Kier molecular flexibility index (Phi) is 5.45. The average molecular weight is 346 g/mol. The molecular formula is C21H18N2O3. The Labute approximate surface area is 152 Å². The first-order chi connectivity index (χ1) is 12.7. The number of benzene rings is 2. The Morgan fingerprint density at radius 1 is 1.15 bits per heavy atom. The van der Waals surface area contributed by atoms with Gasteiger partial charge in [-0.1, -0.05) is 30.3 Å². The third kappa shape index (κ3) is 4.17. The van der Waals surface area contributed by atoms with Crippen LogP contribution in [-0.2, 0) is 20.7 Å². The van der Waals surface area contributed by atoms with Crippen LogP contribution in [0.2, 0.25) is 0 Å². The summed E-state index contributed by atoms with van der Waals surface area (Å²) in [5, 5.41) is 8.76. The molecule has 1 amide bonds. The molecule has 0 fully saturated rings. The smallest absolute Gasteiger partial charge is 0.331 e. The van der Waals surface area contributed by atoms with Gasteiger partial charge in [0.15, 0.2) is 6.61 Å². The van der Waals surface area contributed by atoms with Gasteiger partial charge in [-0.25, -0.2) is 4.79 Å². The lowest BCUT2D eigenvalue weighted by molar-refractivity contribution is -0.142. The van der Waals surface area contributed by atoms with E-state index < -0.39 is 5.97 Å². The summed E-state index contributed by atoms with van der Waals surface area (Å²) in [7, 11) is 0. The Hall–Kier alpha value is -3.39. The number of ether oxygens (including phenoxy) is 1. The summed E-state index contributed by atoms with van der Waals surface area (Å²) in [5.74, 6) is -0.801. The van der Waals surface area contributed by atoms with E-state index in [1.165, 1.54) is 6.08 Å². The fourth-order valence-corrected chi connectivity index (χ4v) is 2.88. The number of aryl methyl sites for hydroxylation is 1. The van der Waals surface area contributed by atoms with Crippen molar-refractivity contribution in [3.63, 3.8) is 0 Å². The fraction of sp³-hybridized carbons (Fsp3) is 0.190. The molecule has 5 heteroatoms. The van der Waals surface area contributed by atoms with Crippen LogP contribution in [-0.4, -0.2) is 25.0 Å². The first-order valence-electron chi connectivity index (χ1n) is 8.40. The normalized spacial score (nSPS) is 13.1. The van der Waals surface area contributed by atoms with Crippen LogP contribution in [0.3, 0.4) is 0 Å². The number of fused-ring (bicyclic) bond motifs is 1. The molecule has 0 N–H and O–H groups in total. The van der Waals surface area contributed by atoms with Gasteiger partial charge in [-0.15, -0.1) is 0 Å². The van der Waals surface area contributed by atoms with E-state index in [0.29, 0.717) is 12.1 Å². The molecule has 0 spiro atoms. The standard InChI is InChI=1S/C21H18N2O3/c22-14-17-9-7-16(8-10-17)11-12-21(25)26-15-20(24)23-13-3-5-18-4-1-2-6-19(18)23/h1-2,4,6-12H,3,5,13,15H2/b12-11+. The summed E-state index contributed by atoms with van der Waals surface area (Å²) in [5.41, 5.74) is 3.36. The Balaban J connectivity index is 1.55. The van der Waals surface area contributed by atoms with Crippen molar-refractivity contribution in [2.45, 2.75) is 12.8 Å². The van der Waals surface area contributed by atoms with Crippen molar-refractivity contribution in [2.24, 2.45) is 0 Å². The van der Waals surface area contributed by atoms with E-state index in [4.69, 9.17) is 10.00 Å². The number of hydrogen-bond acceptors (Lipinski definition) is 4. The van der Waals surface area contributed by atoms with Crippen molar-refractivity contribution in [2.75, 3.05) is 18.1 Å². The van der Waals surface area contributed by atoms with Crippen LogP contribution in [0.1, 0.15) is 23.1 Å². The minimum atomic E-state index is -0.576. The Morgan fingerprint density at radius 2 is 1.92 bits per heavy atom. The average Bonchev–Trinajstić information content (AvgIpc) is 2.70. The van der Waals surface area contributed by atoms with Crippen LogP contribution in [0.4, 0.5) is 5.69 Å². The summed E-state index contributed by atoms with van der Waals surface area (Å²) in [4.78, 5) is 25.9. The number of rotatable bonds is 4. The molecule has 0 bridgehead atoms. The van der Waals surface area contributed by atoms with Gasteiger partial charge in [-0.05, 0) is 48.2 Å². The van der Waals surface area contributed by atoms with E-state index in [9.17, 15) is 9.59 Å². The maximum absolute atomic E-state index is 12.4. The van der Waals surface area contributed by atoms with E-state index in [1.807, 2.05) is 30.3 Å². The molecule has 2 aromatic carbocycles. The molecule has 0 aromatic heterocycles. The molecule has 1 aliphatic heterocycles. The number of nitriles is 1. The second-order valence-corrected chi connectivity index (χ2v) is 5.95. The lowest BCUT2D eigenvalue weighted by Gasteiger charge is -2.29. The van der Waals surface area contributed by atoms with Crippen molar-refractivity contribution < 1.29 is 14.3 Å². The minimum Gasteiger partial charge on any atom is -0.452 e. The van der Waals surface area contributed by atoms with E-state index in [1.54, 1.807) is 35.2 Å². The molecule has 5 nitrogen and oxygen atoms in total. The molecule has 0 radical (unpaired) electrons. The highest BCUT2D eigenvalue weighted by Gasteiger charge is 2.22. The molecule has 0 atom stereocenters. The highest BCUT2D eigenvalue weighted by atomic mass is 16.5. The molecule has 0 saturated carbocycles. The summed E-state index contributed by atoms with van der Waals surface area (Å²) >= 11 is 0. The van der Waals surface area contributed by atoms with Crippen LogP contribution in [0.15, 0.2) is 54.6 Å².